The second kappa shape index (κ2) is 8.19. The highest BCUT2D eigenvalue weighted by Gasteiger charge is 2.14. The van der Waals surface area contributed by atoms with Crippen molar-refractivity contribution < 1.29 is 0 Å². The smallest absolute Gasteiger partial charge is 0.0415 e. The molecule has 0 N–H and O–H groups in total. The van der Waals surface area contributed by atoms with Crippen LogP contribution in [-0.4, -0.2) is 0 Å². The van der Waals surface area contributed by atoms with Gasteiger partial charge in [-0.25, -0.2) is 0 Å². The first-order valence-electron chi connectivity index (χ1n) is 7.01. The molecule has 0 aliphatic heterocycles. The molecule has 0 rings (SSSR count). The van der Waals surface area contributed by atoms with Crippen molar-refractivity contribution in [2.75, 3.05) is 0 Å². The molecule has 0 aromatic heterocycles. The summed E-state index contributed by atoms with van der Waals surface area (Å²) in [5.74, 6) is 3.65. The fourth-order valence-electron chi connectivity index (χ4n) is 2.16. The van der Waals surface area contributed by atoms with Crippen molar-refractivity contribution in [1.29, 1.82) is 0 Å². The predicted octanol–water partition coefficient (Wildman–Crippen LogP) is 5.52. The lowest BCUT2D eigenvalue weighted by molar-refractivity contribution is 0.287. The van der Waals surface area contributed by atoms with Gasteiger partial charge in [0, 0.05) is 0 Å². The van der Waals surface area contributed by atoms with Crippen LogP contribution in [0.4, 0.5) is 0 Å². The minimum Gasteiger partial charge on any atom is -0.0651 e. The summed E-state index contributed by atoms with van der Waals surface area (Å²) in [5, 5.41) is 0. The summed E-state index contributed by atoms with van der Waals surface area (Å²) in [6.45, 7) is 14.2. The SMILES string of the molecule is CCC(C)CCC(C)CC(C)C(C)CC. The van der Waals surface area contributed by atoms with E-state index in [1.54, 1.807) is 0 Å². The van der Waals surface area contributed by atoms with Crippen LogP contribution < -0.4 is 0 Å². The average Bonchev–Trinajstić information content (AvgIpc) is 2.24. The van der Waals surface area contributed by atoms with Crippen LogP contribution >= 0.6 is 0 Å². The Balaban J connectivity index is 3.68. The average molecular weight is 212 g/mol. The van der Waals surface area contributed by atoms with Crippen molar-refractivity contribution in [3.63, 3.8) is 0 Å². The van der Waals surface area contributed by atoms with Crippen molar-refractivity contribution >= 4 is 0 Å². The van der Waals surface area contributed by atoms with E-state index in [0.717, 1.165) is 23.7 Å². The highest BCUT2D eigenvalue weighted by atomic mass is 14.2. The van der Waals surface area contributed by atoms with E-state index >= 15 is 0 Å². The summed E-state index contributed by atoms with van der Waals surface area (Å²) < 4.78 is 0. The lowest BCUT2D eigenvalue weighted by atomic mass is 9.83. The molecule has 15 heavy (non-hydrogen) atoms. The van der Waals surface area contributed by atoms with Crippen LogP contribution in [0.5, 0.6) is 0 Å². The molecule has 0 spiro atoms. The summed E-state index contributed by atoms with van der Waals surface area (Å²) >= 11 is 0. The molecule has 0 aliphatic rings. The van der Waals surface area contributed by atoms with Crippen LogP contribution in [0.2, 0.25) is 0 Å². The lowest BCUT2D eigenvalue weighted by Crippen LogP contribution is -2.11. The van der Waals surface area contributed by atoms with E-state index in [0.29, 0.717) is 0 Å². The summed E-state index contributed by atoms with van der Waals surface area (Å²) in [5.41, 5.74) is 0. The second-order valence-electron chi connectivity index (χ2n) is 5.79. The zero-order chi connectivity index (χ0) is 11.8. The van der Waals surface area contributed by atoms with Gasteiger partial charge >= 0.3 is 0 Å². The Bertz CT molecular complexity index is 139. The van der Waals surface area contributed by atoms with E-state index in [2.05, 4.69) is 41.5 Å². The highest BCUT2D eigenvalue weighted by molar-refractivity contribution is 4.65. The monoisotopic (exact) mass is 212 g/mol. The van der Waals surface area contributed by atoms with Crippen molar-refractivity contribution in [1.82, 2.24) is 0 Å². The molecule has 0 saturated heterocycles. The molecule has 92 valence electrons. The van der Waals surface area contributed by atoms with Crippen LogP contribution in [0, 0.1) is 23.7 Å². The van der Waals surface area contributed by atoms with Gasteiger partial charge in [-0.2, -0.15) is 0 Å². The van der Waals surface area contributed by atoms with Crippen molar-refractivity contribution in [3.8, 4) is 0 Å². The van der Waals surface area contributed by atoms with Crippen LogP contribution in [0.1, 0.15) is 73.6 Å². The highest BCUT2D eigenvalue weighted by Crippen LogP contribution is 2.26. The zero-order valence-electron chi connectivity index (χ0n) is 11.8. The van der Waals surface area contributed by atoms with Gasteiger partial charge in [0.25, 0.3) is 0 Å². The number of rotatable bonds is 8. The van der Waals surface area contributed by atoms with Crippen molar-refractivity contribution in [2.24, 2.45) is 23.7 Å². The van der Waals surface area contributed by atoms with Crippen LogP contribution in [0.3, 0.4) is 0 Å². The first kappa shape index (κ1) is 15.0. The Morgan fingerprint density at radius 2 is 1.20 bits per heavy atom. The molecule has 0 fully saturated rings. The standard InChI is InChI=1S/C15H32/c1-7-12(3)9-10-13(4)11-15(6)14(5)8-2/h12-15H,7-11H2,1-6H3. The Morgan fingerprint density at radius 1 is 0.667 bits per heavy atom. The Labute approximate surface area is 97.8 Å². The fraction of sp³-hybridized carbons (Fsp3) is 1.00. The molecule has 0 bridgehead atoms. The summed E-state index contributed by atoms with van der Waals surface area (Å²) in [4.78, 5) is 0. The minimum atomic E-state index is 0.899. The normalized spacial score (nSPS) is 19.6. The maximum atomic E-state index is 2.43. The van der Waals surface area contributed by atoms with E-state index in [1.807, 2.05) is 0 Å². The molecular formula is C15H32. The van der Waals surface area contributed by atoms with E-state index < -0.39 is 0 Å². The maximum Gasteiger partial charge on any atom is -0.0415 e. The van der Waals surface area contributed by atoms with Gasteiger partial charge < -0.3 is 0 Å². The molecule has 0 amide bonds. The molecular weight excluding hydrogens is 180 g/mol. The van der Waals surface area contributed by atoms with Gasteiger partial charge in [0.05, 0.1) is 0 Å². The largest absolute Gasteiger partial charge is 0.0651 e. The van der Waals surface area contributed by atoms with Gasteiger partial charge in [-0.3, -0.25) is 0 Å². The van der Waals surface area contributed by atoms with Gasteiger partial charge in [-0.15, -0.1) is 0 Å². The molecule has 0 aromatic rings. The minimum absolute atomic E-state index is 0.899. The molecule has 4 unspecified atom stereocenters. The lowest BCUT2D eigenvalue weighted by Gasteiger charge is -2.23. The number of hydrogen-bond acceptors (Lipinski definition) is 0. The quantitative estimate of drug-likeness (QED) is 0.497. The van der Waals surface area contributed by atoms with Gasteiger partial charge in [0.1, 0.15) is 0 Å². The summed E-state index contributed by atoms with van der Waals surface area (Å²) in [7, 11) is 0. The van der Waals surface area contributed by atoms with Crippen LogP contribution in [-0.2, 0) is 0 Å². The van der Waals surface area contributed by atoms with Crippen LogP contribution in [0.25, 0.3) is 0 Å². The summed E-state index contributed by atoms with van der Waals surface area (Å²) in [6.07, 6.45) is 6.94. The zero-order valence-corrected chi connectivity index (χ0v) is 11.8. The molecule has 0 radical (unpaired) electrons. The van der Waals surface area contributed by atoms with E-state index in [-0.39, 0.29) is 0 Å². The molecule has 4 atom stereocenters. The van der Waals surface area contributed by atoms with Gasteiger partial charge in [0.2, 0.25) is 0 Å². The predicted molar refractivity (Wildman–Crippen MR) is 71.1 cm³/mol. The van der Waals surface area contributed by atoms with Gasteiger partial charge in [0.15, 0.2) is 0 Å². The molecule has 0 aliphatic carbocycles. The van der Waals surface area contributed by atoms with Gasteiger partial charge in [-0.1, -0.05) is 67.2 Å². The van der Waals surface area contributed by atoms with Gasteiger partial charge in [-0.05, 0) is 30.1 Å². The third-order valence-electron chi connectivity index (χ3n) is 4.24. The Hall–Kier alpha value is 0. The maximum absolute atomic E-state index is 2.43. The third kappa shape index (κ3) is 6.98. The molecule has 0 saturated carbocycles. The second-order valence-corrected chi connectivity index (χ2v) is 5.79. The van der Waals surface area contributed by atoms with E-state index in [4.69, 9.17) is 0 Å². The van der Waals surface area contributed by atoms with E-state index in [1.165, 1.54) is 32.1 Å². The Kier molecular flexibility index (Phi) is 8.19. The topological polar surface area (TPSA) is 0 Å². The molecule has 0 aromatic carbocycles. The van der Waals surface area contributed by atoms with Crippen LogP contribution in [0.15, 0.2) is 0 Å². The molecule has 0 nitrogen and oxygen atoms in total. The first-order chi connectivity index (χ1) is 7.01. The fourth-order valence-corrected chi connectivity index (χ4v) is 2.16. The van der Waals surface area contributed by atoms with Crippen molar-refractivity contribution in [2.45, 2.75) is 73.6 Å². The third-order valence-corrected chi connectivity index (χ3v) is 4.24. The summed E-state index contributed by atoms with van der Waals surface area (Å²) in [6, 6.07) is 0. The molecule has 0 heteroatoms. The Morgan fingerprint density at radius 3 is 1.67 bits per heavy atom. The number of hydrogen-bond donors (Lipinski definition) is 0. The molecule has 0 heterocycles. The van der Waals surface area contributed by atoms with E-state index in [9.17, 15) is 0 Å². The van der Waals surface area contributed by atoms with Crippen molar-refractivity contribution in [3.05, 3.63) is 0 Å². The first-order valence-corrected chi connectivity index (χ1v) is 7.01.